The van der Waals surface area contributed by atoms with Gasteiger partial charge in [-0.25, -0.2) is 0 Å². The maximum Gasteiger partial charge on any atom is 0.231 e. The minimum Gasteiger partial charge on any atom is -0.294 e. The lowest BCUT2D eigenvalue weighted by Crippen LogP contribution is -2.10. The molecule has 1 aliphatic carbocycles. The van der Waals surface area contributed by atoms with Gasteiger partial charge in [0.2, 0.25) is 6.04 Å². The lowest BCUT2D eigenvalue weighted by molar-refractivity contribution is -0.498. The summed E-state index contributed by atoms with van der Waals surface area (Å²) in [5.41, 5.74) is 1.31. The molecule has 0 saturated heterocycles. The molecule has 0 unspecified atom stereocenters. The summed E-state index contributed by atoms with van der Waals surface area (Å²) in [4.78, 5) is 23.3. The van der Waals surface area contributed by atoms with Gasteiger partial charge in [0.15, 0.2) is 5.78 Å². The second kappa shape index (κ2) is 5.30. The Bertz CT molecular complexity index is 684. The van der Waals surface area contributed by atoms with Crippen molar-refractivity contribution in [1.29, 1.82) is 0 Å². The van der Waals surface area contributed by atoms with E-state index in [0.29, 0.717) is 10.6 Å². The normalized spacial score (nSPS) is 23.6. The van der Waals surface area contributed by atoms with Crippen LogP contribution in [0.1, 0.15) is 21.8 Å². The number of nitrogens with zero attached hydrogens (tertiary/aromatic N) is 1. The Kier molecular flexibility index (Phi) is 3.47. The van der Waals surface area contributed by atoms with E-state index in [4.69, 9.17) is 11.6 Å². The van der Waals surface area contributed by atoms with Crippen molar-refractivity contribution in [3.63, 3.8) is 0 Å². The van der Waals surface area contributed by atoms with Crippen molar-refractivity contribution in [3.05, 3.63) is 80.9 Å². The van der Waals surface area contributed by atoms with Gasteiger partial charge < -0.3 is 0 Å². The number of nitro groups is 1. The summed E-state index contributed by atoms with van der Waals surface area (Å²) in [6.45, 7) is 0. The molecule has 3 rings (SSSR count). The number of hydrogen-bond donors (Lipinski definition) is 0. The molecular weight excluding hydrogens is 290 g/mol. The summed E-state index contributed by atoms with van der Waals surface area (Å²) in [5, 5.41) is 11.7. The van der Waals surface area contributed by atoms with E-state index in [-0.39, 0.29) is 16.6 Å². The summed E-state index contributed by atoms with van der Waals surface area (Å²) in [7, 11) is 0. The van der Waals surface area contributed by atoms with E-state index in [2.05, 4.69) is 0 Å². The molecule has 4 nitrogen and oxygen atoms in total. The first-order chi connectivity index (χ1) is 10.1. The van der Waals surface area contributed by atoms with Gasteiger partial charge in [-0.2, -0.15) is 0 Å². The van der Waals surface area contributed by atoms with Gasteiger partial charge in [-0.15, -0.1) is 0 Å². The van der Waals surface area contributed by atoms with Crippen LogP contribution in [0.4, 0.5) is 0 Å². The fraction of sp³-hybridized carbons (Fsp3) is 0.188. The average Bonchev–Trinajstić information content (AvgIpc) is 3.24. The van der Waals surface area contributed by atoms with Gasteiger partial charge in [-0.1, -0.05) is 41.9 Å². The summed E-state index contributed by atoms with van der Waals surface area (Å²) in [5.74, 6) is -1.13. The van der Waals surface area contributed by atoms with Crippen LogP contribution in [0.5, 0.6) is 0 Å². The Labute approximate surface area is 126 Å². The van der Waals surface area contributed by atoms with E-state index in [1.54, 1.807) is 24.3 Å². The van der Waals surface area contributed by atoms with Crippen LogP contribution in [-0.4, -0.2) is 16.7 Å². The van der Waals surface area contributed by atoms with Crippen LogP contribution >= 0.6 is 11.6 Å². The summed E-state index contributed by atoms with van der Waals surface area (Å²) >= 11 is 5.80. The third-order valence-corrected chi connectivity index (χ3v) is 4.09. The molecule has 21 heavy (non-hydrogen) atoms. The Morgan fingerprint density at radius 3 is 2.24 bits per heavy atom. The Hall–Kier alpha value is -2.20. The number of benzene rings is 2. The zero-order valence-corrected chi connectivity index (χ0v) is 11.7. The molecule has 5 heteroatoms. The van der Waals surface area contributed by atoms with Crippen LogP contribution < -0.4 is 0 Å². The quantitative estimate of drug-likeness (QED) is 0.492. The third kappa shape index (κ3) is 2.54. The highest BCUT2D eigenvalue weighted by molar-refractivity contribution is 6.30. The molecule has 1 fully saturated rings. The molecule has 0 heterocycles. The smallest absolute Gasteiger partial charge is 0.231 e. The summed E-state index contributed by atoms with van der Waals surface area (Å²) in [6, 6.07) is 14.8. The molecule has 0 bridgehead atoms. The SMILES string of the molecule is O=C(c1ccc(Cl)cc1)[C@@H]1[C@H](c2ccccc2)[C@H]1[N+](=O)[O-]. The second-order valence-corrected chi connectivity index (χ2v) is 5.55. The van der Waals surface area contributed by atoms with E-state index in [1.807, 2.05) is 30.3 Å². The van der Waals surface area contributed by atoms with Crippen LogP contribution in [0.25, 0.3) is 0 Å². The highest BCUT2D eigenvalue weighted by Gasteiger charge is 2.64. The van der Waals surface area contributed by atoms with E-state index in [1.165, 1.54) is 0 Å². The van der Waals surface area contributed by atoms with Gasteiger partial charge in [0, 0.05) is 15.5 Å². The molecule has 0 aromatic heterocycles. The average molecular weight is 302 g/mol. The number of Topliss-reactive ketones (excluding diaryl/α,β-unsaturated/α-hetero) is 1. The van der Waals surface area contributed by atoms with Crippen molar-refractivity contribution in [2.75, 3.05) is 0 Å². The van der Waals surface area contributed by atoms with Crippen molar-refractivity contribution in [3.8, 4) is 0 Å². The van der Waals surface area contributed by atoms with Crippen LogP contribution in [0.15, 0.2) is 54.6 Å². The maximum absolute atomic E-state index is 12.5. The minimum atomic E-state index is -0.837. The van der Waals surface area contributed by atoms with Crippen molar-refractivity contribution in [2.45, 2.75) is 12.0 Å². The predicted molar refractivity (Wildman–Crippen MR) is 79.2 cm³/mol. The lowest BCUT2D eigenvalue weighted by atomic mass is 10.0. The first-order valence-electron chi connectivity index (χ1n) is 6.58. The first-order valence-corrected chi connectivity index (χ1v) is 6.95. The van der Waals surface area contributed by atoms with Gasteiger partial charge in [-0.3, -0.25) is 14.9 Å². The third-order valence-electron chi connectivity index (χ3n) is 3.84. The zero-order valence-electron chi connectivity index (χ0n) is 11.0. The molecule has 2 aromatic rings. The molecular formula is C16H12ClNO3. The van der Waals surface area contributed by atoms with E-state index >= 15 is 0 Å². The van der Waals surface area contributed by atoms with Gasteiger partial charge in [-0.05, 0) is 29.8 Å². The fourth-order valence-corrected chi connectivity index (χ4v) is 2.89. The van der Waals surface area contributed by atoms with Crippen molar-refractivity contribution in [1.82, 2.24) is 0 Å². The van der Waals surface area contributed by atoms with Crippen LogP contribution in [0, 0.1) is 16.0 Å². The monoisotopic (exact) mass is 301 g/mol. The van der Waals surface area contributed by atoms with Crippen molar-refractivity contribution >= 4 is 17.4 Å². The highest BCUT2D eigenvalue weighted by Crippen LogP contribution is 2.51. The maximum atomic E-state index is 12.5. The molecule has 1 saturated carbocycles. The zero-order chi connectivity index (χ0) is 15.0. The van der Waals surface area contributed by atoms with Gasteiger partial charge >= 0.3 is 0 Å². The molecule has 2 aromatic carbocycles. The van der Waals surface area contributed by atoms with E-state index in [0.717, 1.165) is 5.56 Å². The molecule has 0 N–H and O–H groups in total. The Morgan fingerprint density at radius 1 is 1.05 bits per heavy atom. The lowest BCUT2D eigenvalue weighted by Gasteiger charge is -1.99. The Morgan fingerprint density at radius 2 is 1.67 bits per heavy atom. The van der Waals surface area contributed by atoms with Crippen LogP contribution in [0.3, 0.4) is 0 Å². The molecule has 0 aliphatic heterocycles. The van der Waals surface area contributed by atoms with E-state index < -0.39 is 12.0 Å². The molecule has 106 valence electrons. The minimum absolute atomic E-state index is 0.192. The number of ketones is 1. The van der Waals surface area contributed by atoms with Gasteiger partial charge in [0.25, 0.3) is 0 Å². The molecule has 3 atom stereocenters. The number of carbonyl (C=O) groups excluding carboxylic acids is 1. The van der Waals surface area contributed by atoms with Gasteiger partial charge in [0.05, 0.1) is 5.92 Å². The predicted octanol–water partition coefficient (Wildman–Crippen LogP) is 3.58. The largest absolute Gasteiger partial charge is 0.294 e. The van der Waals surface area contributed by atoms with Crippen LogP contribution in [0.2, 0.25) is 5.02 Å². The molecule has 0 amide bonds. The first kappa shape index (κ1) is 13.8. The van der Waals surface area contributed by atoms with E-state index in [9.17, 15) is 14.9 Å². The topological polar surface area (TPSA) is 60.2 Å². The number of carbonyl (C=O) groups is 1. The number of hydrogen-bond acceptors (Lipinski definition) is 3. The standard InChI is InChI=1S/C16H12ClNO3/c17-12-8-6-11(7-9-12)16(19)14-13(15(14)18(20)21)10-4-2-1-3-5-10/h1-9,13-15H/t13-,14+,15+/m0/s1. The number of rotatable bonds is 4. The molecule has 0 radical (unpaired) electrons. The van der Waals surface area contributed by atoms with Crippen molar-refractivity contribution < 1.29 is 9.72 Å². The number of halogens is 1. The van der Waals surface area contributed by atoms with Crippen molar-refractivity contribution in [2.24, 2.45) is 5.92 Å². The molecule has 0 spiro atoms. The van der Waals surface area contributed by atoms with Crippen LogP contribution in [-0.2, 0) is 0 Å². The fourth-order valence-electron chi connectivity index (χ4n) is 2.76. The second-order valence-electron chi connectivity index (χ2n) is 5.11. The molecule has 1 aliphatic rings. The summed E-state index contributed by atoms with van der Waals surface area (Å²) < 4.78 is 0. The summed E-state index contributed by atoms with van der Waals surface area (Å²) in [6.07, 6.45) is 0. The Balaban J connectivity index is 1.88. The van der Waals surface area contributed by atoms with Gasteiger partial charge in [0.1, 0.15) is 5.92 Å². The highest BCUT2D eigenvalue weighted by atomic mass is 35.5.